The molecule has 2 aromatic rings. The van der Waals surface area contributed by atoms with Gasteiger partial charge in [-0.05, 0) is 18.2 Å². The third-order valence-corrected chi connectivity index (χ3v) is 2.44. The second kappa shape index (κ2) is 3.03. The van der Waals surface area contributed by atoms with Gasteiger partial charge in [-0.1, -0.05) is 15.9 Å². The van der Waals surface area contributed by atoms with Gasteiger partial charge in [-0.2, -0.15) is 0 Å². The lowest BCUT2D eigenvalue weighted by molar-refractivity contribution is 0.515. The molecule has 4 heteroatoms. The Morgan fingerprint density at radius 3 is 2.69 bits per heavy atom. The van der Waals surface area contributed by atoms with Gasteiger partial charge < -0.3 is 0 Å². The first kappa shape index (κ1) is 8.56. The first-order chi connectivity index (χ1) is 6.20. The Morgan fingerprint density at radius 2 is 1.92 bits per heavy atom. The lowest BCUT2D eigenvalue weighted by Gasteiger charge is -2.00. The number of halogens is 3. The lowest BCUT2D eigenvalue weighted by atomic mass is 10.2. The van der Waals surface area contributed by atoms with Crippen LogP contribution in [0.15, 0.2) is 28.9 Å². The summed E-state index contributed by atoms with van der Waals surface area (Å²) in [6.45, 7) is 0. The van der Waals surface area contributed by atoms with Crippen LogP contribution in [-0.4, -0.2) is 4.98 Å². The fraction of sp³-hybridized carbons (Fsp3) is 0. The van der Waals surface area contributed by atoms with Gasteiger partial charge >= 0.3 is 0 Å². The minimum Gasteiger partial charge on any atom is -0.253 e. The van der Waals surface area contributed by atoms with Gasteiger partial charge in [0.2, 0.25) is 0 Å². The monoisotopic (exact) mass is 243 g/mol. The van der Waals surface area contributed by atoms with Gasteiger partial charge in [0.05, 0.1) is 0 Å². The maximum absolute atomic E-state index is 13.1. The molecule has 2 rings (SSSR count). The highest BCUT2D eigenvalue weighted by Crippen LogP contribution is 2.24. The Hall–Kier alpha value is -1.03. The molecular formula is C9H4BrF2N. The molecule has 0 saturated carbocycles. The minimum absolute atomic E-state index is 0.0503. The van der Waals surface area contributed by atoms with Gasteiger partial charge in [0.15, 0.2) is 11.6 Å². The van der Waals surface area contributed by atoms with Crippen molar-refractivity contribution in [1.82, 2.24) is 4.98 Å². The van der Waals surface area contributed by atoms with Crippen molar-refractivity contribution in [2.45, 2.75) is 0 Å². The number of hydrogen-bond acceptors (Lipinski definition) is 1. The second-order valence-electron chi connectivity index (χ2n) is 2.55. The van der Waals surface area contributed by atoms with E-state index < -0.39 is 11.6 Å². The summed E-state index contributed by atoms with van der Waals surface area (Å²) in [7, 11) is 0. The number of hydrogen-bond donors (Lipinski definition) is 0. The number of fused-ring (bicyclic) bond motifs is 1. The van der Waals surface area contributed by atoms with Gasteiger partial charge in [-0.15, -0.1) is 0 Å². The number of nitrogens with zero attached hydrogens (tertiary/aromatic N) is 1. The smallest absolute Gasteiger partial charge is 0.185 e. The van der Waals surface area contributed by atoms with Gasteiger partial charge in [0, 0.05) is 16.1 Å². The normalized spacial score (nSPS) is 10.7. The zero-order valence-corrected chi connectivity index (χ0v) is 7.98. The quantitative estimate of drug-likeness (QED) is 0.692. The lowest BCUT2D eigenvalue weighted by Crippen LogP contribution is -1.89. The molecule has 66 valence electrons. The van der Waals surface area contributed by atoms with Crippen molar-refractivity contribution in [3.63, 3.8) is 0 Å². The van der Waals surface area contributed by atoms with E-state index in [0.29, 0.717) is 9.86 Å². The molecule has 1 heterocycles. The summed E-state index contributed by atoms with van der Waals surface area (Å²) in [6.07, 6.45) is 1.43. The highest BCUT2D eigenvalue weighted by Gasteiger charge is 2.09. The van der Waals surface area contributed by atoms with Gasteiger partial charge in [0.25, 0.3) is 0 Å². The number of aromatic nitrogens is 1. The molecule has 0 aliphatic carbocycles. The first-order valence-corrected chi connectivity index (χ1v) is 4.37. The van der Waals surface area contributed by atoms with Gasteiger partial charge in [-0.3, -0.25) is 4.98 Å². The Kier molecular flexibility index (Phi) is 2.00. The molecule has 13 heavy (non-hydrogen) atoms. The molecule has 1 nitrogen and oxygen atoms in total. The van der Waals surface area contributed by atoms with E-state index >= 15 is 0 Å². The van der Waals surface area contributed by atoms with Crippen LogP contribution < -0.4 is 0 Å². The summed E-state index contributed by atoms with van der Waals surface area (Å²) in [6, 6.07) is 4.26. The highest BCUT2D eigenvalue weighted by molar-refractivity contribution is 9.10. The van der Waals surface area contributed by atoms with Crippen LogP contribution in [0.3, 0.4) is 0 Å². The number of benzene rings is 1. The molecule has 0 N–H and O–H groups in total. The molecule has 0 saturated heterocycles. The molecule has 0 bridgehead atoms. The van der Waals surface area contributed by atoms with Crippen LogP contribution in [-0.2, 0) is 0 Å². The fourth-order valence-corrected chi connectivity index (χ4v) is 1.56. The van der Waals surface area contributed by atoms with E-state index in [4.69, 9.17) is 0 Å². The van der Waals surface area contributed by atoms with E-state index in [9.17, 15) is 8.78 Å². The Morgan fingerprint density at radius 1 is 1.15 bits per heavy atom. The van der Waals surface area contributed by atoms with Crippen LogP contribution in [0.2, 0.25) is 0 Å². The molecule has 0 unspecified atom stereocenters. The zero-order valence-electron chi connectivity index (χ0n) is 6.39. The predicted octanol–water partition coefficient (Wildman–Crippen LogP) is 3.28. The molecule has 0 atom stereocenters. The largest absolute Gasteiger partial charge is 0.253 e. The van der Waals surface area contributed by atoms with Crippen molar-refractivity contribution in [3.05, 3.63) is 40.5 Å². The van der Waals surface area contributed by atoms with Crippen LogP contribution in [0.25, 0.3) is 10.9 Å². The van der Waals surface area contributed by atoms with E-state index in [2.05, 4.69) is 20.9 Å². The van der Waals surface area contributed by atoms with Crippen molar-refractivity contribution in [1.29, 1.82) is 0 Å². The second-order valence-corrected chi connectivity index (χ2v) is 3.40. The molecule has 0 radical (unpaired) electrons. The fourth-order valence-electron chi connectivity index (χ4n) is 1.13. The predicted molar refractivity (Wildman–Crippen MR) is 49.4 cm³/mol. The van der Waals surface area contributed by atoms with Gasteiger partial charge in [-0.25, -0.2) is 8.78 Å². The molecule has 0 aliphatic heterocycles. The Bertz CT molecular complexity index is 470. The van der Waals surface area contributed by atoms with Crippen LogP contribution in [0.5, 0.6) is 0 Å². The summed E-state index contributed by atoms with van der Waals surface area (Å²) in [5.74, 6) is -1.78. The molecule has 1 aromatic carbocycles. The van der Waals surface area contributed by atoms with Crippen molar-refractivity contribution in [2.24, 2.45) is 0 Å². The zero-order chi connectivity index (χ0) is 9.42. The summed E-state index contributed by atoms with van der Waals surface area (Å²) < 4.78 is 26.6. The standard InChI is InChI=1S/C9H4BrF2N/c10-6-3-4-13-9-5(6)1-2-7(11)8(9)12/h1-4H. The van der Waals surface area contributed by atoms with E-state index in [1.807, 2.05) is 0 Å². The van der Waals surface area contributed by atoms with Gasteiger partial charge in [0.1, 0.15) is 5.52 Å². The summed E-state index contributed by atoms with van der Waals surface area (Å²) >= 11 is 3.23. The van der Waals surface area contributed by atoms with E-state index in [-0.39, 0.29) is 5.52 Å². The topological polar surface area (TPSA) is 12.9 Å². The van der Waals surface area contributed by atoms with Crippen molar-refractivity contribution < 1.29 is 8.78 Å². The van der Waals surface area contributed by atoms with E-state index in [1.165, 1.54) is 12.3 Å². The molecule has 0 aliphatic rings. The maximum atomic E-state index is 13.1. The average molecular weight is 244 g/mol. The van der Waals surface area contributed by atoms with Crippen LogP contribution in [0, 0.1) is 11.6 Å². The number of rotatable bonds is 0. The maximum Gasteiger partial charge on any atom is 0.185 e. The SMILES string of the molecule is Fc1ccc2c(Br)ccnc2c1F. The summed E-state index contributed by atoms with van der Waals surface area (Å²) in [5.41, 5.74) is 0.0503. The third-order valence-electron chi connectivity index (χ3n) is 1.75. The highest BCUT2D eigenvalue weighted by atomic mass is 79.9. The first-order valence-electron chi connectivity index (χ1n) is 3.58. The number of pyridine rings is 1. The molecular weight excluding hydrogens is 240 g/mol. The average Bonchev–Trinajstić information content (AvgIpc) is 2.12. The molecule has 0 spiro atoms. The van der Waals surface area contributed by atoms with Crippen LogP contribution >= 0.6 is 15.9 Å². The molecule has 0 amide bonds. The van der Waals surface area contributed by atoms with Crippen molar-refractivity contribution in [2.75, 3.05) is 0 Å². The molecule has 0 fully saturated rings. The summed E-state index contributed by atoms with van der Waals surface area (Å²) in [4.78, 5) is 3.76. The van der Waals surface area contributed by atoms with Crippen LogP contribution in [0.1, 0.15) is 0 Å². The van der Waals surface area contributed by atoms with E-state index in [0.717, 1.165) is 6.07 Å². The summed E-state index contributed by atoms with van der Waals surface area (Å²) in [5, 5.41) is 0.571. The van der Waals surface area contributed by atoms with Crippen molar-refractivity contribution >= 4 is 26.8 Å². The van der Waals surface area contributed by atoms with Crippen molar-refractivity contribution in [3.8, 4) is 0 Å². The molecule has 1 aromatic heterocycles. The Labute approximate surface area is 81.5 Å². The minimum atomic E-state index is -0.904. The third kappa shape index (κ3) is 1.31. The van der Waals surface area contributed by atoms with E-state index in [1.54, 1.807) is 6.07 Å². The Balaban J connectivity index is 2.94. The van der Waals surface area contributed by atoms with Crippen LogP contribution in [0.4, 0.5) is 8.78 Å².